The maximum atomic E-state index is 13.2. The Hall–Kier alpha value is -0.250. The van der Waals surface area contributed by atoms with Crippen molar-refractivity contribution in [2.24, 2.45) is 5.92 Å². The number of rotatable bonds is 0. The molecule has 2 atom stereocenters. The number of aliphatic hydroxyl groups excluding tert-OH is 1. The molecule has 1 aromatic rings. The Balaban J connectivity index is 2.53. The summed E-state index contributed by atoms with van der Waals surface area (Å²) < 4.78 is 13.2. The van der Waals surface area contributed by atoms with Crippen molar-refractivity contribution in [3.8, 4) is 0 Å². The number of aliphatic hydroxyl groups is 1. The highest BCUT2D eigenvalue weighted by Crippen LogP contribution is 2.38. The molecule has 1 nitrogen and oxygen atoms in total. The fourth-order valence-electron chi connectivity index (χ4n) is 1.78. The second-order valence-electron chi connectivity index (χ2n) is 3.87. The summed E-state index contributed by atoms with van der Waals surface area (Å²) in [4.78, 5) is 0. The second kappa shape index (κ2) is 4.32. The number of halogens is 2. The normalized spacial score (nSPS) is 25.9. The minimum Gasteiger partial charge on any atom is -0.388 e. The molecule has 0 saturated heterocycles. The molecule has 2 rings (SSSR count). The molecule has 0 fully saturated rings. The van der Waals surface area contributed by atoms with E-state index in [0.717, 1.165) is 16.9 Å². The lowest BCUT2D eigenvalue weighted by atomic mass is 9.95. The van der Waals surface area contributed by atoms with Crippen LogP contribution in [0.1, 0.15) is 24.2 Å². The Morgan fingerprint density at radius 3 is 3.00 bits per heavy atom. The fraction of sp³-hybridized carbons (Fsp3) is 0.455. The summed E-state index contributed by atoms with van der Waals surface area (Å²) in [6, 6.07) is 2.97. The van der Waals surface area contributed by atoms with E-state index in [1.54, 1.807) is 17.8 Å². The molecule has 1 aromatic carbocycles. The minimum absolute atomic E-state index is 0.160. The van der Waals surface area contributed by atoms with Gasteiger partial charge in [0.1, 0.15) is 5.82 Å². The molecule has 0 aromatic heterocycles. The smallest absolute Gasteiger partial charge is 0.142 e. The predicted octanol–water partition coefficient (Wildman–Crippen LogP) is 3.40. The van der Waals surface area contributed by atoms with Crippen LogP contribution in [0.2, 0.25) is 5.02 Å². The molecule has 0 bridgehead atoms. The van der Waals surface area contributed by atoms with Crippen LogP contribution in [-0.4, -0.2) is 10.9 Å². The molecule has 82 valence electrons. The first-order chi connectivity index (χ1) is 7.11. The largest absolute Gasteiger partial charge is 0.388 e. The van der Waals surface area contributed by atoms with Gasteiger partial charge >= 0.3 is 0 Å². The third-order valence-corrected chi connectivity index (χ3v) is 4.38. The second-order valence-corrected chi connectivity index (χ2v) is 5.27. The van der Waals surface area contributed by atoms with Crippen LogP contribution in [0.5, 0.6) is 0 Å². The summed E-state index contributed by atoms with van der Waals surface area (Å²) in [6.45, 7) is 1.99. The summed E-state index contributed by atoms with van der Waals surface area (Å²) in [5.41, 5.74) is 1.53. The van der Waals surface area contributed by atoms with E-state index in [1.165, 1.54) is 6.07 Å². The van der Waals surface area contributed by atoms with Crippen LogP contribution < -0.4 is 0 Å². The zero-order valence-electron chi connectivity index (χ0n) is 8.34. The van der Waals surface area contributed by atoms with Crippen LogP contribution >= 0.6 is 23.4 Å². The summed E-state index contributed by atoms with van der Waals surface area (Å²) in [5.74, 6) is 1.32. The minimum atomic E-state index is -0.534. The number of hydrogen-bond donors (Lipinski definition) is 1. The van der Waals surface area contributed by atoms with Gasteiger partial charge in [-0.2, -0.15) is 11.8 Å². The quantitative estimate of drug-likeness (QED) is 0.757. The highest BCUT2D eigenvalue weighted by Gasteiger charge is 2.25. The Morgan fingerprint density at radius 1 is 1.53 bits per heavy atom. The van der Waals surface area contributed by atoms with Gasteiger partial charge in [-0.3, -0.25) is 0 Å². The molecule has 1 N–H and O–H groups in total. The van der Waals surface area contributed by atoms with E-state index in [0.29, 0.717) is 5.75 Å². The molecule has 0 saturated carbocycles. The number of hydrogen-bond acceptors (Lipinski definition) is 2. The molecule has 0 aliphatic carbocycles. The molecule has 1 aliphatic heterocycles. The van der Waals surface area contributed by atoms with Crippen molar-refractivity contribution < 1.29 is 9.50 Å². The third-order valence-electron chi connectivity index (χ3n) is 2.72. The van der Waals surface area contributed by atoms with Crippen LogP contribution in [0, 0.1) is 11.7 Å². The predicted molar refractivity (Wildman–Crippen MR) is 61.7 cm³/mol. The van der Waals surface area contributed by atoms with Gasteiger partial charge in [-0.25, -0.2) is 4.39 Å². The highest BCUT2D eigenvalue weighted by molar-refractivity contribution is 7.98. The van der Waals surface area contributed by atoms with Gasteiger partial charge in [0.25, 0.3) is 0 Å². The molecule has 0 spiro atoms. The van der Waals surface area contributed by atoms with Crippen molar-refractivity contribution in [2.45, 2.75) is 18.8 Å². The van der Waals surface area contributed by atoms with Crippen molar-refractivity contribution in [1.29, 1.82) is 0 Å². The Kier molecular flexibility index (Phi) is 3.24. The zero-order chi connectivity index (χ0) is 11.0. The Morgan fingerprint density at radius 2 is 2.27 bits per heavy atom. The lowest BCUT2D eigenvalue weighted by Gasteiger charge is -2.17. The van der Waals surface area contributed by atoms with E-state index in [2.05, 4.69) is 0 Å². The first kappa shape index (κ1) is 11.2. The van der Waals surface area contributed by atoms with E-state index in [-0.39, 0.29) is 10.9 Å². The van der Waals surface area contributed by atoms with Crippen molar-refractivity contribution in [2.75, 3.05) is 5.75 Å². The maximum absolute atomic E-state index is 13.2. The molecular weight excluding hydrogens is 235 g/mol. The maximum Gasteiger partial charge on any atom is 0.142 e. The van der Waals surface area contributed by atoms with Gasteiger partial charge in [0, 0.05) is 5.75 Å². The van der Waals surface area contributed by atoms with Gasteiger partial charge in [-0.05, 0) is 28.9 Å². The van der Waals surface area contributed by atoms with Gasteiger partial charge in [-0.15, -0.1) is 0 Å². The van der Waals surface area contributed by atoms with Gasteiger partial charge in [-0.1, -0.05) is 24.6 Å². The average molecular weight is 247 g/mol. The van der Waals surface area contributed by atoms with Gasteiger partial charge in [0.2, 0.25) is 0 Å². The average Bonchev–Trinajstić information content (AvgIpc) is 2.35. The summed E-state index contributed by atoms with van der Waals surface area (Å²) in [5, 5.41) is 10.2. The van der Waals surface area contributed by atoms with Gasteiger partial charge < -0.3 is 5.11 Å². The first-order valence-electron chi connectivity index (χ1n) is 4.84. The first-order valence-corrected chi connectivity index (χ1v) is 6.37. The van der Waals surface area contributed by atoms with E-state index in [4.69, 9.17) is 11.6 Å². The number of fused-ring (bicyclic) bond motifs is 1. The van der Waals surface area contributed by atoms with Crippen molar-refractivity contribution in [3.05, 3.63) is 34.1 Å². The zero-order valence-corrected chi connectivity index (χ0v) is 9.91. The highest BCUT2D eigenvalue weighted by atomic mass is 35.5. The monoisotopic (exact) mass is 246 g/mol. The van der Waals surface area contributed by atoms with Crippen molar-refractivity contribution >= 4 is 23.4 Å². The standard InChI is InChI=1S/C11H12ClFOS/c1-6-4-15-5-8-7(11(6)14)2-3-9(13)10(8)12/h2-3,6,11,14H,4-5H2,1H3. The number of benzene rings is 1. The third kappa shape index (κ3) is 2.01. The summed E-state index contributed by atoms with van der Waals surface area (Å²) >= 11 is 7.58. The molecule has 4 heteroatoms. The van der Waals surface area contributed by atoms with E-state index < -0.39 is 11.9 Å². The van der Waals surface area contributed by atoms with E-state index >= 15 is 0 Å². The van der Waals surface area contributed by atoms with Gasteiger partial charge in [0.05, 0.1) is 11.1 Å². The van der Waals surface area contributed by atoms with E-state index in [9.17, 15) is 9.50 Å². The van der Waals surface area contributed by atoms with Crippen LogP contribution in [0.15, 0.2) is 12.1 Å². The van der Waals surface area contributed by atoms with E-state index in [1.807, 2.05) is 6.92 Å². The van der Waals surface area contributed by atoms with Crippen LogP contribution in [0.3, 0.4) is 0 Å². The lowest BCUT2D eigenvalue weighted by Crippen LogP contribution is -2.10. The lowest BCUT2D eigenvalue weighted by molar-refractivity contribution is 0.129. The van der Waals surface area contributed by atoms with Crippen LogP contribution in [0.25, 0.3) is 0 Å². The van der Waals surface area contributed by atoms with Gasteiger partial charge in [0.15, 0.2) is 0 Å². The van der Waals surface area contributed by atoms with Crippen molar-refractivity contribution in [3.63, 3.8) is 0 Å². The Labute approximate surface area is 97.6 Å². The fourth-order valence-corrected chi connectivity index (χ4v) is 3.28. The molecule has 1 heterocycles. The molecular formula is C11H12ClFOS. The SMILES string of the molecule is CC1CSCc2c(ccc(F)c2Cl)C1O. The topological polar surface area (TPSA) is 20.2 Å². The van der Waals surface area contributed by atoms with Crippen molar-refractivity contribution in [1.82, 2.24) is 0 Å². The van der Waals surface area contributed by atoms with Crippen LogP contribution in [0.4, 0.5) is 4.39 Å². The summed E-state index contributed by atoms with van der Waals surface area (Å²) in [6.07, 6.45) is -0.534. The Bertz CT molecular complexity index is 383. The molecule has 0 radical (unpaired) electrons. The molecule has 0 amide bonds. The molecule has 1 aliphatic rings. The molecule has 2 unspecified atom stereocenters. The molecule has 15 heavy (non-hydrogen) atoms. The summed E-state index contributed by atoms with van der Waals surface area (Å²) in [7, 11) is 0. The van der Waals surface area contributed by atoms with Crippen LogP contribution in [-0.2, 0) is 5.75 Å². The number of thioether (sulfide) groups is 1.